The van der Waals surface area contributed by atoms with E-state index < -0.39 is 0 Å². The molecule has 0 N–H and O–H groups in total. The Balaban J connectivity index is 2.45. The average Bonchev–Trinajstić information content (AvgIpc) is 2.51. The third kappa shape index (κ3) is 2.33. The maximum Gasteiger partial charge on any atom is 0.120 e. The van der Waals surface area contributed by atoms with Crippen LogP contribution in [0, 0.1) is 17.8 Å². The molecule has 1 heteroatoms. The van der Waals surface area contributed by atoms with E-state index in [0.29, 0.717) is 11.8 Å². The van der Waals surface area contributed by atoms with Crippen LogP contribution in [0.3, 0.4) is 0 Å². The third-order valence-electron chi connectivity index (χ3n) is 3.23. The van der Waals surface area contributed by atoms with Gasteiger partial charge in [-0.15, -0.1) is 0 Å². The second kappa shape index (κ2) is 4.64. The van der Waals surface area contributed by atoms with E-state index in [1.165, 1.54) is 25.7 Å². The molecule has 1 saturated carbocycles. The summed E-state index contributed by atoms with van der Waals surface area (Å²) in [6, 6.07) is 0. The highest BCUT2D eigenvalue weighted by Gasteiger charge is 2.26. The normalized spacial score (nSPS) is 21.6. The maximum absolute atomic E-state index is 10.5. The molecule has 0 heterocycles. The monoisotopic (exact) mass is 168 g/mol. The van der Waals surface area contributed by atoms with E-state index in [1.807, 2.05) is 0 Å². The Labute approximate surface area is 75.5 Å². The zero-order valence-corrected chi connectivity index (χ0v) is 8.25. The summed E-state index contributed by atoms with van der Waals surface area (Å²) in [7, 11) is 0. The van der Waals surface area contributed by atoms with Gasteiger partial charge in [0.2, 0.25) is 0 Å². The predicted molar refractivity (Wildman–Crippen MR) is 51.0 cm³/mol. The number of hydrogen-bond acceptors (Lipinski definition) is 1. The first kappa shape index (κ1) is 9.76. The van der Waals surface area contributed by atoms with Gasteiger partial charge >= 0.3 is 0 Å². The fourth-order valence-electron chi connectivity index (χ4n) is 2.51. The smallest absolute Gasteiger partial charge is 0.120 e. The molecule has 0 spiro atoms. The summed E-state index contributed by atoms with van der Waals surface area (Å²) in [4.78, 5) is 10.5. The Bertz CT molecular complexity index is 134. The van der Waals surface area contributed by atoms with Crippen molar-refractivity contribution in [1.82, 2.24) is 0 Å². The van der Waals surface area contributed by atoms with Crippen LogP contribution in [-0.2, 0) is 4.79 Å². The first-order valence-electron chi connectivity index (χ1n) is 5.19. The molecule has 0 aliphatic heterocycles. The summed E-state index contributed by atoms with van der Waals surface area (Å²) >= 11 is 0. The Morgan fingerprint density at radius 2 is 1.92 bits per heavy atom. The fraction of sp³-hybridized carbons (Fsp3) is 0.909. The van der Waals surface area contributed by atoms with Crippen molar-refractivity contribution >= 4 is 6.29 Å². The lowest BCUT2D eigenvalue weighted by molar-refractivity contribution is -0.109. The molecule has 0 aromatic rings. The Morgan fingerprint density at radius 1 is 1.33 bits per heavy atom. The third-order valence-corrected chi connectivity index (χ3v) is 3.23. The van der Waals surface area contributed by atoms with Gasteiger partial charge in [0.1, 0.15) is 6.29 Å². The van der Waals surface area contributed by atoms with Crippen molar-refractivity contribution in [3.63, 3.8) is 0 Å². The largest absolute Gasteiger partial charge is 0.303 e. The molecule has 1 atom stereocenters. The summed E-state index contributed by atoms with van der Waals surface area (Å²) in [5.74, 6) is 2.18. The molecule has 0 aromatic carbocycles. The van der Waals surface area contributed by atoms with Crippen LogP contribution in [0.1, 0.15) is 46.0 Å². The van der Waals surface area contributed by atoms with Gasteiger partial charge in [0, 0.05) is 6.42 Å². The lowest BCUT2D eigenvalue weighted by Gasteiger charge is -2.24. The van der Waals surface area contributed by atoms with E-state index in [4.69, 9.17) is 0 Å². The van der Waals surface area contributed by atoms with E-state index in [-0.39, 0.29) is 0 Å². The molecule has 1 fully saturated rings. The van der Waals surface area contributed by atoms with Gasteiger partial charge in [0.25, 0.3) is 0 Å². The van der Waals surface area contributed by atoms with E-state index in [0.717, 1.165) is 18.6 Å². The van der Waals surface area contributed by atoms with Crippen molar-refractivity contribution < 1.29 is 4.79 Å². The predicted octanol–water partition coefficient (Wildman–Crippen LogP) is 3.04. The van der Waals surface area contributed by atoms with Crippen molar-refractivity contribution in [2.75, 3.05) is 0 Å². The van der Waals surface area contributed by atoms with Crippen LogP contribution in [0.4, 0.5) is 0 Å². The van der Waals surface area contributed by atoms with Gasteiger partial charge in [0.15, 0.2) is 0 Å². The van der Waals surface area contributed by atoms with Gasteiger partial charge in [-0.05, 0) is 17.8 Å². The number of hydrogen-bond donors (Lipinski definition) is 0. The maximum atomic E-state index is 10.5. The van der Waals surface area contributed by atoms with Gasteiger partial charge in [-0.1, -0.05) is 39.5 Å². The van der Waals surface area contributed by atoms with Gasteiger partial charge in [-0.2, -0.15) is 0 Å². The van der Waals surface area contributed by atoms with Crippen LogP contribution in [0.5, 0.6) is 0 Å². The van der Waals surface area contributed by atoms with E-state index >= 15 is 0 Å². The topological polar surface area (TPSA) is 17.1 Å². The van der Waals surface area contributed by atoms with Crippen LogP contribution in [-0.4, -0.2) is 6.29 Å². The molecular formula is C11H20O. The zero-order chi connectivity index (χ0) is 8.97. The molecular weight excluding hydrogens is 148 g/mol. The summed E-state index contributed by atoms with van der Waals surface area (Å²) in [5.41, 5.74) is 0. The van der Waals surface area contributed by atoms with E-state index in [9.17, 15) is 4.79 Å². The number of carbonyl (C=O) groups is 1. The SMILES string of the molecule is CC(C)C(CC=O)C1CCCC1. The lowest BCUT2D eigenvalue weighted by atomic mass is 9.80. The van der Waals surface area contributed by atoms with E-state index in [2.05, 4.69) is 13.8 Å². The van der Waals surface area contributed by atoms with E-state index in [1.54, 1.807) is 0 Å². The first-order valence-corrected chi connectivity index (χ1v) is 5.19. The minimum atomic E-state index is 0.657. The van der Waals surface area contributed by atoms with Crippen LogP contribution >= 0.6 is 0 Å². The van der Waals surface area contributed by atoms with Gasteiger partial charge in [0.05, 0.1) is 0 Å². The average molecular weight is 168 g/mol. The quantitative estimate of drug-likeness (QED) is 0.590. The number of carbonyl (C=O) groups excluding carboxylic acids is 1. The Kier molecular flexibility index (Phi) is 3.77. The highest BCUT2D eigenvalue weighted by Crippen LogP contribution is 2.36. The highest BCUT2D eigenvalue weighted by molar-refractivity contribution is 5.49. The number of rotatable bonds is 4. The molecule has 70 valence electrons. The molecule has 0 amide bonds. The lowest BCUT2D eigenvalue weighted by Crippen LogP contribution is -2.18. The highest BCUT2D eigenvalue weighted by atomic mass is 16.1. The van der Waals surface area contributed by atoms with Crippen molar-refractivity contribution in [3.8, 4) is 0 Å². The fourth-order valence-corrected chi connectivity index (χ4v) is 2.51. The van der Waals surface area contributed by atoms with Crippen molar-refractivity contribution in [1.29, 1.82) is 0 Å². The van der Waals surface area contributed by atoms with Crippen LogP contribution in [0.15, 0.2) is 0 Å². The van der Waals surface area contributed by atoms with Crippen molar-refractivity contribution in [2.24, 2.45) is 17.8 Å². The summed E-state index contributed by atoms with van der Waals surface area (Å²) in [5, 5.41) is 0. The molecule has 12 heavy (non-hydrogen) atoms. The van der Waals surface area contributed by atoms with Crippen LogP contribution < -0.4 is 0 Å². The van der Waals surface area contributed by atoms with Crippen molar-refractivity contribution in [3.05, 3.63) is 0 Å². The molecule has 1 nitrogen and oxygen atoms in total. The molecule has 1 aliphatic carbocycles. The van der Waals surface area contributed by atoms with Crippen LogP contribution in [0.2, 0.25) is 0 Å². The first-order chi connectivity index (χ1) is 5.75. The number of aldehydes is 1. The molecule has 0 bridgehead atoms. The summed E-state index contributed by atoms with van der Waals surface area (Å²) in [6.07, 6.45) is 7.36. The molecule has 0 aromatic heterocycles. The standard InChI is InChI=1S/C11H20O/c1-9(2)11(7-8-12)10-5-3-4-6-10/h8-11H,3-7H2,1-2H3. The summed E-state index contributed by atoms with van der Waals surface area (Å²) in [6.45, 7) is 4.49. The second-order valence-electron chi connectivity index (χ2n) is 4.35. The van der Waals surface area contributed by atoms with Gasteiger partial charge in [-0.3, -0.25) is 0 Å². The molecule has 1 rings (SSSR count). The Hall–Kier alpha value is -0.330. The molecule has 0 saturated heterocycles. The zero-order valence-electron chi connectivity index (χ0n) is 8.25. The molecule has 0 radical (unpaired) electrons. The van der Waals surface area contributed by atoms with Gasteiger partial charge < -0.3 is 4.79 Å². The van der Waals surface area contributed by atoms with Gasteiger partial charge in [-0.25, -0.2) is 0 Å². The Morgan fingerprint density at radius 3 is 2.33 bits per heavy atom. The minimum absolute atomic E-state index is 0.657. The van der Waals surface area contributed by atoms with Crippen LogP contribution in [0.25, 0.3) is 0 Å². The second-order valence-corrected chi connectivity index (χ2v) is 4.35. The summed E-state index contributed by atoms with van der Waals surface area (Å²) < 4.78 is 0. The molecule has 1 aliphatic rings. The molecule has 1 unspecified atom stereocenters. The van der Waals surface area contributed by atoms with Crippen molar-refractivity contribution in [2.45, 2.75) is 46.0 Å². The minimum Gasteiger partial charge on any atom is -0.303 e.